The minimum absolute atomic E-state index is 0.0250. The topological polar surface area (TPSA) is 104 Å². The van der Waals surface area contributed by atoms with Gasteiger partial charge in [-0.25, -0.2) is 26.0 Å². The molecule has 0 radical (unpaired) electrons. The average Bonchev–Trinajstić information content (AvgIpc) is 3.53. The van der Waals surface area contributed by atoms with Crippen LogP contribution in [0.1, 0.15) is 48.8 Å². The highest BCUT2D eigenvalue weighted by atomic mass is 32.2. The number of likely N-dealkylation sites (tertiary alicyclic amines) is 1. The molecule has 0 spiro atoms. The van der Waals surface area contributed by atoms with Crippen molar-refractivity contribution in [1.29, 1.82) is 0 Å². The molecule has 1 saturated carbocycles. The van der Waals surface area contributed by atoms with Gasteiger partial charge >= 0.3 is 12.4 Å². The number of carbonyl (C=O) groups is 1. The van der Waals surface area contributed by atoms with E-state index >= 15 is 4.39 Å². The van der Waals surface area contributed by atoms with E-state index in [0.29, 0.717) is 18.2 Å². The van der Waals surface area contributed by atoms with Crippen LogP contribution >= 0.6 is 0 Å². The molecule has 1 saturated heterocycles. The van der Waals surface area contributed by atoms with Gasteiger partial charge in [0.1, 0.15) is 28.0 Å². The first-order valence-electron chi connectivity index (χ1n) is 15.8. The molecule has 3 aromatic carbocycles. The highest BCUT2D eigenvalue weighted by molar-refractivity contribution is 7.92. The second-order valence-electron chi connectivity index (χ2n) is 12.8. The lowest BCUT2D eigenvalue weighted by Gasteiger charge is -2.38. The molecule has 52 heavy (non-hydrogen) atoms. The summed E-state index contributed by atoms with van der Waals surface area (Å²) in [6.45, 7) is -2.96. The summed E-state index contributed by atoms with van der Waals surface area (Å²) in [7, 11) is -4.82. The third-order valence-corrected chi connectivity index (χ3v) is 12.4. The van der Waals surface area contributed by atoms with E-state index in [1.165, 1.54) is 0 Å². The van der Waals surface area contributed by atoms with Crippen molar-refractivity contribution in [2.45, 2.75) is 72.6 Å². The molecule has 3 aromatic rings. The molecule has 2 N–H and O–H groups in total. The van der Waals surface area contributed by atoms with Gasteiger partial charge in [-0.05, 0) is 80.1 Å². The van der Waals surface area contributed by atoms with Gasteiger partial charge in [-0.3, -0.25) is 4.79 Å². The molecular formula is C34H31F10NO6S. The summed E-state index contributed by atoms with van der Waals surface area (Å²) in [4.78, 5) is 14.2. The molecule has 2 fully saturated rings. The second kappa shape index (κ2) is 14.2. The number of rotatable bonds is 9. The van der Waals surface area contributed by atoms with E-state index in [-0.39, 0.29) is 44.4 Å². The smallest absolute Gasteiger partial charge is 0.368 e. The lowest BCUT2D eigenvalue weighted by atomic mass is 9.81. The molecule has 1 atom stereocenters. The van der Waals surface area contributed by atoms with E-state index in [2.05, 4.69) is 4.74 Å². The molecule has 1 amide bonds. The minimum atomic E-state index is -6.49. The maximum Gasteiger partial charge on any atom is 0.430 e. The summed E-state index contributed by atoms with van der Waals surface area (Å²) in [5, 5.41) is 19.0. The van der Waals surface area contributed by atoms with Crippen molar-refractivity contribution in [1.82, 2.24) is 4.90 Å². The third-order valence-electron chi connectivity index (χ3n) is 9.89. The molecule has 0 bridgehead atoms. The minimum Gasteiger partial charge on any atom is -0.368 e. The van der Waals surface area contributed by atoms with Crippen molar-refractivity contribution in [3.63, 3.8) is 0 Å². The van der Waals surface area contributed by atoms with Crippen LogP contribution in [0.3, 0.4) is 0 Å². The summed E-state index contributed by atoms with van der Waals surface area (Å²) in [5.41, 5.74) is -9.63. The lowest BCUT2D eigenvalue weighted by molar-refractivity contribution is -0.393. The number of amides is 1. The van der Waals surface area contributed by atoms with Gasteiger partial charge in [-0.1, -0.05) is 18.2 Å². The van der Waals surface area contributed by atoms with Crippen LogP contribution in [-0.4, -0.2) is 61.2 Å². The summed E-state index contributed by atoms with van der Waals surface area (Å²) >= 11 is 0. The molecule has 0 aromatic heterocycles. The Balaban J connectivity index is 1.60. The zero-order valence-electron chi connectivity index (χ0n) is 26.8. The summed E-state index contributed by atoms with van der Waals surface area (Å²) in [6, 6.07) is 5.89. The zero-order chi connectivity index (χ0) is 38.4. The van der Waals surface area contributed by atoms with Gasteiger partial charge in [-0.15, -0.1) is 0 Å². The molecule has 5 rings (SSSR count). The number of halogens is 10. The normalized spacial score (nSPS) is 21.9. The standard InChI is InChI=1S/C34H31F10NO6S/c35-22-9-11-23(12-10-22)52(49,50)31(14-15-45(18-31)29(46)19-4-6-20(7-5-19)30(47)48)21-8-13-25(28(38)16-21)32(33(39,40)41,34(42,43)44)51-17-24-26(36)2-1-3-27(24)37/h1-3,8-13,16,19-20,30,47-48H,4-7,14-15,17-18H2/t19?,20?,31-/m0/s1. The first-order valence-corrected chi connectivity index (χ1v) is 17.3. The van der Waals surface area contributed by atoms with E-state index < -0.39 is 121 Å². The van der Waals surface area contributed by atoms with E-state index in [4.69, 9.17) is 0 Å². The maximum absolute atomic E-state index is 16.0. The Hall–Kier alpha value is -3.74. The number of hydrogen-bond donors (Lipinski definition) is 2. The van der Waals surface area contributed by atoms with Crippen LogP contribution in [0, 0.1) is 35.1 Å². The van der Waals surface area contributed by atoms with Crippen molar-refractivity contribution >= 4 is 15.7 Å². The number of ether oxygens (including phenoxy) is 1. The van der Waals surface area contributed by atoms with Gasteiger partial charge in [0.05, 0.1) is 11.5 Å². The maximum atomic E-state index is 16.0. The number of hydrogen-bond acceptors (Lipinski definition) is 6. The number of alkyl halides is 6. The van der Waals surface area contributed by atoms with Crippen LogP contribution in [0.5, 0.6) is 0 Å². The Morgan fingerprint density at radius 2 is 1.42 bits per heavy atom. The monoisotopic (exact) mass is 771 g/mol. The number of aliphatic hydroxyl groups excluding tert-OH is 1. The Labute approximate surface area is 290 Å². The predicted molar refractivity (Wildman–Crippen MR) is 161 cm³/mol. The zero-order valence-corrected chi connectivity index (χ0v) is 27.6. The number of nitrogens with zero attached hydrogens (tertiary/aromatic N) is 1. The molecule has 1 aliphatic heterocycles. The molecule has 1 aliphatic carbocycles. The Morgan fingerprint density at radius 1 is 0.846 bits per heavy atom. The van der Waals surface area contributed by atoms with Crippen molar-refractivity contribution in [3.8, 4) is 0 Å². The van der Waals surface area contributed by atoms with Gasteiger partial charge in [0.2, 0.25) is 5.91 Å². The molecule has 2 aliphatic rings. The molecular weight excluding hydrogens is 740 g/mol. The SMILES string of the molecule is O=C(C1CCC(C(O)O)CC1)N1CC[C@](c2ccc(C(OCc3c(F)cccc3F)(C(F)(F)F)C(F)(F)F)c(F)c2)(S(=O)(=O)c2ccc(F)cc2)C1. The number of sulfone groups is 1. The Kier molecular flexibility index (Phi) is 10.8. The fourth-order valence-corrected chi connectivity index (χ4v) is 9.05. The van der Waals surface area contributed by atoms with Crippen LogP contribution in [0.15, 0.2) is 65.6 Å². The van der Waals surface area contributed by atoms with E-state index in [1.54, 1.807) is 0 Å². The van der Waals surface area contributed by atoms with Crippen molar-refractivity contribution in [2.75, 3.05) is 13.1 Å². The van der Waals surface area contributed by atoms with E-state index in [0.717, 1.165) is 35.2 Å². The summed E-state index contributed by atoms with van der Waals surface area (Å²) < 4.78 is 176. The second-order valence-corrected chi connectivity index (χ2v) is 15.1. The predicted octanol–water partition coefficient (Wildman–Crippen LogP) is 6.80. The van der Waals surface area contributed by atoms with Crippen LogP contribution in [0.2, 0.25) is 0 Å². The van der Waals surface area contributed by atoms with Gasteiger partial charge < -0.3 is 19.8 Å². The van der Waals surface area contributed by atoms with Gasteiger partial charge in [-0.2, -0.15) is 26.3 Å². The van der Waals surface area contributed by atoms with Gasteiger partial charge in [0.15, 0.2) is 16.1 Å². The first-order chi connectivity index (χ1) is 24.2. The molecule has 284 valence electrons. The Morgan fingerprint density at radius 3 is 1.94 bits per heavy atom. The van der Waals surface area contributed by atoms with Crippen LogP contribution in [-0.2, 0) is 36.3 Å². The van der Waals surface area contributed by atoms with Crippen LogP contribution in [0.4, 0.5) is 43.9 Å². The first kappa shape index (κ1) is 39.5. The fraction of sp³-hybridized carbons (Fsp3) is 0.441. The van der Waals surface area contributed by atoms with Crippen LogP contribution in [0.25, 0.3) is 0 Å². The molecule has 1 heterocycles. The number of carbonyl (C=O) groups excluding carboxylic acids is 1. The largest absolute Gasteiger partial charge is 0.430 e. The van der Waals surface area contributed by atoms with Gasteiger partial charge in [0.25, 0.3) is 5.60 Å². The van der Waals surface area contributed by atoms with Gasteiger partial charge in [0, 0.05) is 36.1 Å². The summed E-state index contributed by atoms with van der Waals surface area (Å²) in [6.07, 6.45) is -14.2. The lowest BCUT2D eigenvalue weighted by Crippen LogP contribution is -2.56. The quantitative estimate of drug-likeness (QED) is 0.141. The third kappa shape index (κ3) is 6.89. The van der Waals surface area contributed by atoms with Crippen molar-refractivity contribution < 1.29 is 72.1 Å². The highest BCUT2D eigenvalue weighted by Crippen LogP contribution is 2.55. The number of benzene rings is 3. The summed E-state index contributed by atoms with van der Waals surface area (Å²) in [5.74, 6) is -7.91. The van der Waals surface area contributed by atoms with Crippen molar-refractivity contribution in [3.05, 3.63) is 101 Å². The van der Waals surface area contributed by atoms with E-state index in [1.807, 2.05) is 0 Å². The van der Waals surface area contributed by atoms with E-state index in [9.17, 15) is 62.9 Å². The average molecular weight is 772 g/mol. The van der Waals surface area contributed by atoms with Crippen molar-refractivity contribution in [2.24, 2.45) is 11.8 Å². The van der Waals surface area contributed by atoms with Crippen LogP contribution < -0.4 is 0 Å². The fourth-order valence-electron chi connectivity index (χ4n) is 6.98. The molecule has 0 unspecified atom stereocenters. The molecule has 7 nitrogen and oxygen atoms in total. The Bertz CT molecular complexity index is 1860. The number of aliphatic hydroxyl groups is 2. The highest BCUT2D eigenvalue weighted by Gasteiger charge is 2.74. The molecule has 18 heteroatoms.